The smallest absolute Gasteiger partial charge is 0.309 e. The summed E-state index contributed by atoms with van der Waals surface area (Å²) in [7, 11) is 0. The van der Waals surface area contributed by atoms with Gasteiger partial charge in [-0.3, -0.25) is 9.78 Å². The minimum Gasteiger partial charge on any atom is -0.417 e. The highest BCUT2D eigenvalue weighted by molar-refractivity contribution is 6.31. The van der Waals surface area contributed by atoms with Gasteiger partial charge in [-0.25, -0.2) is 4.98 Å². The molecule has 3 aromatic heterocycles. The molecule has 3 heterocycles. The lowest BCUT2D eigenvalue weighted by atomic mass is 10.1. The van der Waals surface area contributed by atoms with Gasteiger partial charge in [0.2, 0.25) is 5.89 Å². The maximum Gasteiger partial charge on any atom is 0.309 e. The van der Waals surface area contributed by atoms with Gasteiger partial charge < -0.3 is 15.5 Å². The molecule has 1 amide bonds. The van der Waals surface area contributed by atoms with E-state index in [1.54, 1.807) is 12.4 Å². The van der Waals surface area contributed by atoms with E-state index in [-0.39, 0.29) is 5.89 Å². The van der Waals surface area contributed by atoms with Gasteiger partial charge in [-0.05, 0) is 46.8 Å². The lowest BCUT2D eigenvalue weighted by Gasteiger charge is -2.06. The number of nitrogens with zero attached hydrogens (tertiary/aromatic N) is 4. The summed E-state index contributed by atoms with van der Waals surface area (Å²) in [5, 5.41) is 14.0. The van der Waals surface area contributed by atoms with E-state index in [0.717, 1.165) is 32.8 Å². The lowest BCUT2D eigenvalue weighted by Crippen LogP contribution is -2.23. The zero-order valence-electron chi connectivity index (χ0n) is 16.7. The summed E-state index contributed by atoms with van der Waals surface area (Å²) in [5.74, 6) is 0.299. The number of pyridine rings is 2. The molecular formula is C23H17ClN6O2. The van der Waals surface area contributed by atoms with Crippen molar-refractivity contribution >= 4 is 45.0 Å². The Hall–Kier alpha value is -4.04. The summed E-state index contributed by atoms with van der Waals surface area (Å²) >= 11 is 6.02. The Bertz CT molecular complexity index is 1470. The fourth-order valence-corrected chi connectivity index (χ4v) is 3.64. The van der Waals surface area contributed by atoms with Gasteiger partial charge in [-0.2, -0.15) is 0 Å². The molecule has 0 aliphatic carbocycles. The maximum absolute atomic E-state index is 12.5. The van der Waals surface area contributed by atoms with Crippen LogP contribution >= 0.6 is 11.6 Å². The van der Waals surface area contributed by atoms with Gasteiger partial charge in [0, 0.05) is 29.7 Å². The highest BCUT2D eigenvalue weighted by Gasteiger charge is 2.15. The Kier molecular flexibility index (Phi) is 5.12. The van der Waals surface area contributed by atoms with Crippen molar-refractivity contribution in [3.63, 3.8) is 0 Å². The number of fused-ring (bicyclic) bond motifs is 2. The van der Waals surface area contributed by atoms with Crippen LogP contribution in [0, 0.1) is 0 Å². The van der Waals surface area contributed by atoms with Crippen LogP contribution in [0.1, 0.15) is 27.7 Å². The molecule has 3 N–H and O–H groups in total. The highest BCUT2D eigenvalue weighted by atomic mass is 35.5. The molecule has 8 nitrogen and oxygen atoms in total. The van der Waals surface area contributed by atoms with Gasteiger partial charge in [0.1, 0.15) is 5.82 Å². The molecule has 2 aromatic carbocycles. The number of nitrogen functional groups attached to an aromatic ring is 1. The van der Waals surface area contributed by atoms with Crippen LogP contribution in [0.3, 0.4) is 0 Å². The van der Waals surface area contributed by atoms with Gasteiger partial charge in [0.25, 0.3) is 0 Å². The Morgan fingerprint density at radius 2 is 1.84 bits per heavy atom. The first kappa shape index (κ1) is 19.9. The molecule has 0 saturated carbocycles. The predicted octanol–water partition coefficient (Wildman–Crippen LogP) is 3.92. The van der Waals surface area contributed by atoms with Crippen molar-refractivity contribution in [1.82, 2.24) is 25.5 Å². The molecule has 158 valence electrons. The second-order valence-corrected chi connectivity index (χ2v) is 7.73. The molecule has 0 saturated heterocycles. The number of nitrogens with two attached hydrogens (primary N) is 1. The minimum atomic E-state index is -0.437. The van der Waals surface area contributed by atoms with E-state index in [9.17, 15) is 4.79 Å². The van der Waals surface area contributed by atoms with Crippen LogP contribution in [0.5, 0.6) is 0 Å². The third kappa shape index (κ3) is 4.08. The second-order valence-electron chi connectivity index (χ2n) is 7.29. The molecule has 0 bridgehead atoms. The molecule has 32 heavy (non-hydrogen) atoms. The van der Waals surface area contributed by atoms with Gasteiger partial charge in [0.05, 0.1) is 17.0 Å². The Morgan fingerprint density at radius 1 is 1.00 bits per heavy atom. The van der Waals surface area contributed by atoms with E-state index < -0.39 is 5.91 Å². The van der Waals surface area contributed by atoms with E-state index in [1.807, 2.05) is 48.5 Å². The zero-order valence-corrected chi connectivity index (χ0v) is 17.5. The molecule has 0 radical (unpaired) electrons. The summed E-state index contributed by atoms with van der Waals surface area (Å²) in [6, 6.07) is 15.2. The van der Waals surface area contributed by atoms with Crippen molar-refractivity contribution in [3.05, 3.63) is 88.9 Å². The standard InChI is InChI=1S/C23H17ClN6O2/c24-17-10-16-7-13(2-4-19(16)27-12-17)9-20-29-30-23(32-20)22(31)28-11-14-1-3-18-15(8-14)5-6-26-21(18)25/h1-8,10,12H,9,11H2,(H2,25,26)(H,28,31). The Balaban J connectivity index is 1.25. The maximum atomic E-state index is 12.5. The quantitative estimate of drug-likeness (QED) is 0.421. The number of benzene rings is 2. The summed E-state index contributed by atoms with van der Waals surface area (Å²) in [6.45, 7) is 0.313. The second kappa shape index (κ2) is 8.24. The van der Waals surface area contributed by atoms with Gasteiger partial charge in [0.15, 0.2) is 0 Å². The van der Waals surface area contributed by atoms with Crippen LogP contribution in [-0.4, -0.2) is 26.1 Å². The molecule has 9 heteroatoms. The van der Waals surface area contributed by atoms with Crippen LogP contribution in [-0.2, 0) is 13.0 Å². The molecule has 5 aromatic rings. The van der Waals surface area contributed by atoms with Crippen molar-refractivity contribution in [2.24, 2.45) is 0 Å². The number of nitrogens with one attached hydrogen (secondary N) is 1. The molecule has 0 spiro atoms. The van der Waals surface area contributed by atoms with E-state index >= 15 is 0 Å². The van der Waals surface area contributed by atoms with Gasteiger partial charge >= 0.3 is 11.8 Å². The highest BCUT2D eigenvalue weighted by Crippen LogP contribution is 2.21. The number of hydrogen-bond donors (Lipinski definition) is 2. The molecule has 0 aliphatic heterocycles. The number of amides is 1. The fraction of sp³-hybridized carbons (Fsp3) is 0.0870. The van der Waals surface area contributed by atoms with Crippen molar-refractivity contribution in [2.75, 3.05) is 5.73 Å². The van der Waals surface area contributed by atoms with Crippen molar-refractivity contribution in [3.8, 4) is 0 Å². The average molecular weight is 445 g/mol. The fourth-order valence-electron chi connectivity index (χ4n) is 3.47. The van der Waals surface area contributed by atoms with Crippen LogP contribution in [0.15, 0.2) is 65.3 Å². The number of carbonyl (C=O) groups excluding carboxylic acids is 1. The molecule has 0 fully saturated rings. The van der Waals surface area contributed by atoms with E-state index in [2.05, 4.69) is 25.5 Å². The normalized spacial score (nSPS) is 11.2. The molecular weight excluding hydrogens is 428 g/mol. The summed E-state index contributed by atoms with van der Waals surface area (Å²) in [4.78, 5) is 20.8. The number of anilines is 1. The Labute approximate surface area is 187 Å². The first-order valence-corrected chi connectivity index (χ1v) is 10.2. The number of aromatic nitrogens is 4. The third-order valence-electron chi connectivity index (χ3n) is 5.04. The van der Waals surface area contributed by atoms with Crippen LogP contribution < -0.4 is 11.1 Å². The summed E-state index contributed by atoms with van der Waals surface area (Å²) in [5.41, 5.74) is 8.58. The zero-order chi connectivity index (χ0) is 22.1. The average Bonchev–Trinajstić information content (AvgIpc) is 3.26. The topological polar surface area (TPSA) is 120 Å². The Morgan fingerprint density at radius 3 is 2.75 bits per heavy atom. The minimum absolute atomic E-state index is 0.0836. The largest absolute Gasteiger partial charge is 0.417 e. The van der Waals surface area contributed by atoms with Gasteiger partial charge in [-0.1, -0.05) is 29.8 Å². The predicted molar refractivity (Wildman–Crippen MR) is 121 cm³/mol. The van der Waals surface area contributed by atoms with Crippen molar-refractivity contribution < 1.29 is 9.21 Å². The molecule has 5 rings (SSSR count). The molecule has 0 unspecified atom stereocenters. The van der Waals surface area contributed by atoms with Gasteiger partial charge in [-0.15, -0.1) is 10.2 Å². The summed E-state index contributed by atoms with van der Waals surface area (Å²) in [6.07, 6.45) is 3.65. The summed E-state index contributed by atoms with van der Waals surface area (Å²) < 4.78 is 5.56. The first-order valence-electron chi connectivity index (χ1n) is 9.83. The van der Waals surface area contributed by atoms with Crippen molar-refractivity contribution in [1.29, 1.82) is 0 Å². The SMILES string of the molecule is Nc1nccc2cc(CNC(=O)c3nnc(Cc4ccc5ncc(Cl)cc5c4)o3)ccc12. The van der Waals surface area contributed by atoms with E-state index in [1.165, 1.54) is 0 Å². The number of rotatable bonds is 5. The lowest BCUT2D eigenvalue weighted by molar-refractivity contribution is 0.0914. The van der Waals surface area contributed by atoms with E-state index in [0.29, 0.717) is 29.7 Å². The third-order valence-corrected chi connectivity index (χ3v) is 5.25. The number of carbonyl (C=O) groups is 1. The molecule has 0 aliphatic rings. The first-order chi connectivity index (χ1) is 15.5. The van der Waals surface area contributed by atoms with Crippen molar-refractivity contribution in [2.45, 2.75) is 13.0 Å². The number of hydrogen-bond acceptors (Lipinski definition) is 7. The number of halogens is 1. The molecule has 0 atom stereocenters. The van der Waals surface area contributed by atoms with Crippen LogP contribution in [0.4, 0.5) is 5.82 Å². The van der Waals surface area contributed by atoms with Crippen LogP contribution in [0.2, 0.25) is 5.02 Å². The monoisotopic (exact) mass is 444 g/mol. The van der Waals surface area contributed by atoms with E-state index in [4.69, 9.17) is 21.8 Å². The van der Waals surface area contributed by atoms with Crippen LogP contribution in [0.25, 0.3) is 21.7 Å².